The third kappa shape index (κ3) is 3.65. The van der Waals surface area contributed by atoms with Crippen LogP contribution in [0, 0.1) is 0 Å². The van der Waals surface area contributed by atoms with Gasteiger partial charge in [-0.25, -0.2) is 4.68 Å². The monoisotopic (exact) mass is 249 g/mol. The van der Waals surface area contributed by atoms with Crippen LogP contribution in [0.1, 0.15) is 31.1 Å². The van der Waals surface area contributed by atoms with Gasteiger partial charge in [0.1, 0.15) is 0 Å². The van der Waals surface area contributed by atoms with Crippen LogP contribution in [-0.4, -0.2) is 44.9 Å². The molecule has 1 aromatic heterocycles. The van der Waals surface area contributed by atoms with Crippen LogP contribution in [0.25, 0.3) is 0 Å². The topological polar surface area (TPSA) is 46.8 Å². The lowest BCUT2D eigenvalue weighted by Crippen LogP contribution is -2.25. The summed E-state index contributed by atoms with van der Waals surface area (Å²) in [5.41, 5.74) is 0. The summed E-state index contributed by atoms with van der Waals surface area (Å²) in [7, 11) is 1.64. The maximum Gasteiger partial charge on any atom is 0.390 e. The zero-order valence-electron chi connectivity index (χ0n) is 9.48. The number of halogens is 3. The normalized spacial score (nSPS) is 16.8. The smallest absolute Gasteiger partial charge is 0.299 e. The van der Waals surface area contributed by atoms with E-state index in [1.165, 1.54) is 0 Å². The second-order valence-corrected chi connectivity index (χ2v) is 4.37. The Hall–Kier alpha value is -1.18. The van der Waals surface area contributed by atoms with E-state index in [0.717, 1.165) is 12.8 Å². The number of aromatic nitrogens is 4. The Kier molecular flexibility index (Phi) is 3.32. The lowest BCUT2D eigenvalue weighted by atomic mass is 10.4. The molecule has 0 aliphatic heterocycles. The number of nitrogens with zero attached hydrogens (tertiary/aromatic N) is 5. The van der Waals surface area contributed by atoms with Crippen molar-refractivity contribution in [3.63, 3.8) is 0 Å². The summed E-state index contributed by atoms with van der Waals surface area (Å²) in [6.45, 7) is 0.306. The van der Waals surface area contributed by atoms with E-state index in [2.05, 4.69) is 15.5 Å². The lowest BCUT2D eigenvalue weighted by Gasteiger charge is -2.16. The fraction of sp³-hybridized carbons (Fsp3) is 0.889. The fourth-order valence-electron chi connectivity index (χ4n) is 1.56. The van der Waals surface area contributed by atoms with Crippen LogP contribution in [0.3, 0.4) is 0 Å². The minimum absolute atomic E-state index is 0.0406. The highest BCUT2D eigenvalue weighted by molar-refractivity contribution is 4.89. The fourth-order valence-corrected chi connectivity index (χ4v) is 1.56. The minimum atomic E-state index is -4.11. The van der Waals surface area contributed by atoms with Gasteiger partial charge in [0.05, 0.1) is 19.0 Å². The molecule has 1 saturated carbocycles. The van der Waals surface area contributed by atoms with Crippen molar-refractivity contribution in [1.29, 1.82) is 0 Å². The average molecular weight is 249 g/mol. The quantitative estimate of drug-likeness (QED) is 0.791. The van der Waals surface area contributed by atoms with Gasteiger partial charge in [0.15, 0.2) is 5.82 Å². The number of hydrogen-bond acceptors (Lipinski definition) is 4. The Bertz CT molecular complexity index is 371. The molecule has 0 radical (unpaired) electrons. The molecule has 1 heterocycles. The first kappa shape index (κ1) is 12.3. The van der Waals surface area contributed by atoms with Crippen LogP contribution in [-0.2, 0) is 6.54 Å². The van der Waals surface area contributed by atoms with E-state index in [1.54, 1.807) is 16.6 Å². The van der Waals surface area contributed by atoms with E-state index in [9.17, 15) is 13.2 Å². The number of hydrogen-bond donors (Lipinski definition) is 0. The molecule has 5 nitrogen and oxygen atoms in total. The molecule has 0 unspecified atom stereocenters. The standard InChI is InChI=1S/C9H14F3N5/c1-16(5-4-9(10,11)12)6-8-13-14-15-17(8)7-2-3-7/h7H,2-6H2,1H3. The van der Waals surface area contributed by atoms with Gasteiger partial charge in [0.25, 0.3) is 0 Å². The van der Waals surface area contributed by atoms with Gasteiger partial charge in [-0.3, -0.25) is 4.90 Å². The summed E-state index contributed by atoms with van der Waals surface area (Å²) in [5.74, 6) is 0.636. The molecule has 2 rings (SSSR count). The van der Waals surface area contributed by atoms with Crippen LogP contribution in [0.2, 0.25) is 0 Å². The van der Waals surface area contributed by atoms with Crippen LogP contribution in [0.15, 0.2) is 0 Å². The van der Waals surface area contributed by atoms with Gasteiger partial charge in [-0.1, -0.05) is 0 Å². The number of alkyl halides is 3. The Labute approximate surface area is 96.6 Å². The van der Waals surface area contributed by atoms with Crippen molar-refractivity contribution in [2.24, 2.45) is 0 Å². The van der Waals surface area contributed by atoms with Crippen molar-refractivity contribution in [2.45, 2.75) is 38.0 Å². The predicted molar refractivity (Wildman–Crippen MR) is 53.1 cm³/mol. The second kappa shape index (κ2) is 4.59. The van der Waals surface area contributed by atoms with Gasteiger partial charge in [-0.2, -0.15) is 13.2 Å². The summed E-state index contributed by atoms with van der Waals surface area (Å²) in [4.78, 5) is 1.58. The Balaban J connectivity index is 1.85. The molecule has 0 amide bonds. The van der Waals surface area contributed by atoms with Crippen molar-refractivity contribution < 1.29 is 13.2 Å². The molecular formula is C9H14F3N5. The van der Waals surface area contributed by atoms with Gasteiger partial charge in [-0.05, 0) is 30.3 Å². The zero-order chi connectivity index (χ0) is 12.5. The second-order valence-electron chi connectivity index (χ2n) is 4.37. The molecule has 17 heavy (non-hydrogen) atoms. The average Bonchev–Trinajstić information content (AvgIpc) is 2.97. The molecule has 8 heteroatoms. The third-order valence-corrected chi connectivity index (χ3v) is 2.64. The van der Waals surface area contributed by atoms with E-state index in [1.807, 2.05) is 0 Å². The largest absolute Gasteiger partial charge is 0.390 e. The first-order valence-electron chi connectivity index (χ1n) is 5.48. The first-order valence-corrected chi connectivity index (χ1v) is 5.48. The Morgan fingerprint density at radius 2 is 2.12 bits per heavy atom. The lowest BCUT2D eigenvalue weighted by molar-refractivity contribution is -0.137. The highest BCUT2D eigenvalue weighted by Crippen LogP contribution is 2.34. The zero-order valence-corrected chi connectivity index (χ0v) is 9.48. The summed E-state index contributed by atoms with van der Waals surface area (Å²) in [5, 5.41) is 11.2. The first-order chi connectivity index (χ1) is 7.96. The van der Waals surface area contributed by atoms with Gasteiger partial charge >= 0.3 is 6.18 Å². The highest BCUT2D eigenvalue weighted by atomic mass is 19.4. The molecular weight excluding hydrogens is 235 g/mol. The van der Waals surface area contributed by atoms with E-state index >= 15 is 0 Å². The highest BCUT2D eigenvalue weighted by Gasteiger charge is 2.29. The van der Waals surface area contributed by atoms with Crippen molar-refractivity contribution in [2.75, 3.05) is 13.6 Å². The molecule has 1 fully saturated rings. The van der Waals surface area contributed by atoms with E-state index in [0.29, 0.717) is 18.4 Å². The van der Waals surface area contributed by atoms with Crippen LogP contribution >= 0.6 is 0 Å². The van der Waals surface area contributed by atoms with Gasteiger partial charge in [-0.15, -0.1) is 5.10 Å². The molecule has 0 saturated heterocycles. The molecule has 1 aliphatic rings. The Morgan fingerprint density at radius 3 is 2.71 bits per heavy atom. The molecule has 0 N–H and O–H groups in total. The van der Waals surface area contributed by atoms with Crippen LogP contribution in [0.5, 0.6) is 0 Å². The maximum atomic E-state index is 12.0. The molecule has 0 bridgehead atoms. The van der Waals surface area contributed by atoms with Crippen molar-refractivity contribution in [1.82, 2.24) is 25.1 Å². The van der Waals surface area contributed by atoms with Crippen molar-refractivity contribution in [3.8, 4) is 0 Å². The number of rotatable bonds is 5. The van der Waals surface area contributed by atoms with Gasteiger partial charge in [0.2, 0.25) is 0 Å². The minimum Gasteiger partial charge on any atom is -0.299 e. The van der Waals surface area contributed by atoms with Crippen molar-refractivity contribution in [3.05, 3.63) is 5.82 Å². The third-order valence-electron chi connectivity index (χ3n) is 2.64. The van der Waals surface area contributed by atoms with E-state index in [4.69, 9.17) is 0 Å². The summed E-state index contributed by atoms with van der Waals surface area (Å²) >= 11 is 0. The molecule has 1 aromatic rings. The van der Waals surface area contributed by atoms with Crippen LogP contribution < -0.4 is 0 Å². The summed E-state index contributed by atoms with van der Waals surface area (Å²) in [6.07, 6.45) is -2.83. The molecule has 0 spiro atoms. The summed E-state index contributed by atoms with van der Waals surface area (Å²) < 4.78 is 37.8. The molecule has 0 aromatic carbocycles. The predicted octanol–water partition coefficient (Wildman–Crippen LogP) is 1.39. The van der Waals surface area contributed by atoms with Crippen LogP contribution in [0.4, 0.5) is 13.2 Å². The van der Waals surface area contributed by atoms with E-state index in [-0.39, 0.29) is 6.54 Å². The molecule has 0 atom stereocenters. The molecule has 1 aliphatic carbocycles. The molecule has 96 valence electrons. The van der Waals surface area contributed by atoms with Gasteiger partial charge in [0, 0.05) is 6.54 Å². The maximum absolute atomic E-state index is 12.0. The Morgan fingerprint density at radius 1 is 1.41 bits per heavy atom. The van der Waals surface area contributed by atoms with Crippen molar-refractivity contribution >= 4 is 0 Å². The van der Waals surface area contributed by atoms with Gasteiger partial charge < -0.3 is 0 Å². The SMILES string of the molecule is CN(CCC(F)(F)F)Cc1nnnn1C1CC1. The number of tetrazole rings is 1. The van der Waals surface area contributed by atoms with E-state index < -0.39 is 12.6 Å². The summed E-state index contributed by atoms with van der Waals surface area (Å²) in [6, 6.07) is 0.344.